The molecule has 0 spiro atoms. The van der Waals surface area contributed by atoms with Gasteiger partial charge in [-0.15, -0.1) is 0 Å². The smallest absolute Gasteiger partial charge is 0.325 e. The largest absolute Gasteiger partial charge is 0.416 e. The Hall–Kier alpha value is -1.56. The Bertz CT molecular complexity index is 463. The fourth-order valence-corrected chi connectivity index (χ4v) is 2.44. The zero-order chi connectivity index (χ0) is 15.3. The lowest BCUT2D eigenvalue weighted by Crippen LogP contribution is -2.33. The fourth-order valence-electron chi connectivity index (χ4n) is 2.44. The van der Waals surface area contributed by atoms with Crippen molar-refractivity contribution in [3.05, 3.63) is 29.8 Å². The lowest BCUT2D eigenvalue weighted by Gasteiger charge is -2.19. The van der Waals surface area contributed by atoms with Gasteiger partial charge >= 0.3 is 6.18 Å². The molecule has 1 N–H and O–H groups in total. The fraction of sp³-hybridized carbons (Fsp3) is 0.533. The van der Waals surface area contributed by atoms with Crippen molar-refractivity contribution in [2.75, 3.05) is 25.0 Å². The van der Waals surface area contributed by atoms with E-state index in [0.29, 0.717) is 12.2 Å². The molecule has 1 amide bonds. The van der Waals surface area contributed by atoms with Crippen molar-refractivity contribution in [3.63, 3.8) is 0 Å². The number of hydrogen-bond acceptors (Lipinski definition) is 2. The molecule has 116 valence electrons. The highest BCUT2D eigenvalue weighted by Crippen LogP contribution is 2.29. The van der Waals surface area contributed by atoms with E-state index >= 15 is 0 Å². The first-order valence-electron chi connectivity index (χ1n) is 7.14. The van der Waals surface area contributed by atoms with Crippen molar-refractivity contribution in [2.24, 2.45) is 0 Å². The summed E-state index contributed by atoms with van der Waals surface area (Å²) in [6.45, 7) is 2.10. The summed E-state index contributed by atoms with van der Waals surface area (Å²) < 4.78 is 37.3. The summed E-state index contributed by atoms with van der Waals surface area (Å²) in [5.74, 6) is -0.184. The van der Waals surface area contributed by atoms with Crippen LogP contribution in [-0.2, 0) is 11.0 Å². The number of anilines is 1. The van der Waals surface area contributed by atoms with Crippen LogP contribution >= 0.6 is 0 Å². The second kappa shape index (κ2) is 6.93. The number of carbonyl (C=O) groups is 1. The highest BCUT2D eigenvalue weighted by molar-refractivity contribution is 5.92. The van der Waals surface area contributed by atoms with Crippen LogP contribution in [-0.4, -0.2) is 30.4 Å². The van der Waals surface area contributed by atoms with E-state index in [0.717, 1.165) is 38.1 Å². The van der Waals surface area contributed by atoms with Crippen LogP contribution in [0, 0.1) is 0 Å². The van der Waals surface area contributed by atoms with Crippen LogP contribution in [0.4, 0.5) is 18.9 Å². The summed E-state index contributed by atoms with van der Waals surface area (Å²) in [5.41, 5.74) is -0.323. The van der Waals surface area contributed by atoms with E-state index in [1.54, 1.807) is 0 Å². The van der Waals surface area contributed by atoms with Crippen LogP contribution in [0.15, 0.2) is 24.3 Å². The summed E-state index contributed by atoms with van der Waals surface area (Å²) in [4.78, 5) is 14.0. The third kappa shape index (κ3) is 5.04. The Morgan fingerprint density at radius 3 is 2.14 bits per heavy atom. The first-order valence-corrected chi connectivity index (χ1v) is 7.14. The maximum Gasteiger partial charge on any atom is 0.416 e. The molecule has 1 fully saturated rings. The number of benzene rings is 1. The summed E-state index contributed by atoms with van der Waals surface area (Å²) in [6, 6.07) is 4.51. The van der Waals surface area contributed by atoms with E-state index in [-0.39, 0.29) is 5.91 Å². The Balaban J connectivity index is 1.87. The molecule has 0 atom stereocenters. The number of carbonyl (C=O) groups excluding carboxylic acids is 1. The van der Waals surface area contributed by atoms with E-state index in [1.807, 2.05) is 0 Å². The second-order valence-electron chi connectivity index (χ2n) is 5.31. The molecule has 0 radical (unpaired) electrons. The van der Waals surface area contributed by atoms with Gasteiger partial charge in [-0.05, 0) is 50.2 Å². The van der Waals surface area contributed by atoms with Crippen LogP contribution in [0.25, 0.3) is 0 Å². The van der Waals surface area contributed by atoms with Gasteiger partial charge in [0.15, 0.2) is 0 Å². The molecule has 0 bridgehead atoms. The quantitative estimate of drug-likeness (QED) is 0.926. The molecule has 21 heavy (non-hydrogen) atoms. The Labute approximate surface area is 122 Å². The minimum absolute atomic E-state index is 0.184. The van der Waals surface area contributed by atoms with Gasteiger partial charge in [0.2, 0.25) is 5.91 Å². The summed E-state index contributed by atoms with van der Waals surface area (Å²) in [7, 11) is 0. The van der Waals surface area contributed by atoms with Crippen molar-refractivity contribution >= 4 is 11.6 Å². The van der Waals surface area contributed by atoms with Crippen LogP contribution < -0.4 is 5.32 Å². The summed E-state index contributed by atoms with van der Waals surface area (Å²) >= 11 is 0. The highest BCUT2D eigenvalue weighted by Gasteiger charge is 2.30. The van der Waals surface area contributed by atoms with Crippen molar-refractivity contribution in [1.29, 1.82) is 0 Å². The zero-order valence-electron chi connectivity index (χ0n) is 11.7. The molecule has 1 aliphatic rings. The van der Waals surface area contributed by atoms with Gasteiger partial charge in [0.1, 0.15) is 0 Å². The first kappa shape index (κ1) is 15.8. The SMILES string of the molecule is O=C(CN1CCCCCC1)Nc1ccc(C(F)(F)F)cc1. The molecule has 0 aliphatic carbocycles. The van der Waals surface area contributed by atoms with Crippen molar-refractivity contribution in [2.45, 2.75) is 31.9 Å². The Morgan fingerprint density at radius 1 is 1.05 bits per heavy atom. The molecular formula is C15H19F3N2O. The van der Waals surface area contributed by atoms with Gasteiger partial charge in [0.05, 0.1) is 12.1 Å². The third-order valence-corrected chi connectivity index (χ3v) is 3.56. The van der Waals surface area contributed by atoms with Crippen LogP contribution in [0.5, 0.6) is 0 Å². The summed E-state index contributed by atoms with van der Waals surface area (Å²) in [6.07, 6.45) is 0.212. The van der Waals surface area contributed by atoms with E-state index in [4.69, 9.17) is 0 Å². The molecule has 0 unspecified atom stereocenters. The van der Waals surface area contributed by atoms with Crippen molar-refractivity contribution in [1.82, 2.24) is 4.90 Å². The number of rotatable bonds is 3. The van der Waals surface area contributed by atoms with Gasteiger partial charge in [-0.25, -0.2) is 0 Å². The number of amides is 1. The van der Waals surface area contributed by atoms with Gasteiger partial charge < -0.3 is 5.32 Å². The molecule has 3 nitrogen and oxygen atoms in total. The molecule has 1 aromatic carbocycles. The minimum Gasteiger partial charge on any atom is -0.325 e. The predicted molar refractivity (Wildman–Crippen MR) is 75.0 cm³/mol. The zero-order valence-corrected chi connectivity index (χ0v) is 11.7. The number of halogens is 3. The molecule has 2 rings (SSSR count). The van der Waals surface area contributed by atoms with Gasteiger partial charge in [-0.2, -0.15) is 13.2 Å². The molecule has 1 aliphatic heterocycles. The van der Waals surface area contributed by atoms with E-state index in [1.165, 1.54) is 25.0 Å². The van der Waals surface area contributed by atoms with Crippen molar-refractivity contribution in [3.8, 4) is 0 Å². The molecule has 1 aromatic rings. The predicted octanol–water partition coefficient (Wildman–Crippen LogP) is 3.52. The highest BCUT2D eigenvalue weighted by atomic mass is 19.4. The van der Waals surface area contributed by atoms with E-state index < -0.39 is 11.7 Å². The maximum atomic E-state index is 12.4. The Kier molecular flexibility index (Phi) is 5.22. The number of likely N-dealkylation sites (tertiary alicyclic amines) is 1. The summed E-state index contributed by atoms with van der Waals surface area (Å²) in [5, 5.41) is 2.64. The maximum absolute atomic E-state index is 12.4. The number of hydrogen-bond donors (Lipinski definition) is 1. The Morgan fingerprint density at radius 2 is 1.62 bits per heavy atom. The topological polar surface area (TPSA) is 32.3 Å². The molecular weight excluding hydrogens is 281 g/mol. The average molecular weight is 300 g/mol. The molecule has 1 heterocycles. The van der Waals surface area contributed by atoms with Crippen molar-refractivity contribution < 1.29 is 18.0 Å². The molecule has 1 saturated heterocycles. The molecule has 0 aromatic heterocycles. The van der Waals surface area contributed by atoms with Gasteiger partial charge in [-0.3, -0.25) is 9.69 Å². The van der Waals surface area contributed by atoms with Crippen LogP contribution in [0.1, 0.15) is 31.2 Å². The lowest BCUT2D eigenvalue weighted by atomic mass is 10.2. The number of nitrogens with zero attached hydrogens (tertiary/aromatic N) is 1. The normalized spacial score (nSPS) is 17.3. The number of nitrogens with one attached hydrogen (secondary N) is 1. The van der Waals surface area contributed by atoms with Crippen LogP contribution in [0.2, 0.25) is 0 Å². The lowest BCUT2D eigenvalue weighted by molar-refractivity contribution is -0.137. The molecule has 6 heteroatoms. The first-order chi connectivity index (χ1) is 9.95. The van der Waals surface area contributed by atoms with E-state index in [9.17, 15) is 18.0 Å². The van der Waals surface area contributed by atoms with Gasteiger partial charge in [0, 0.05) is 5.69 Å². The van der Waals surface area contributed by atoms with Gasteiger partial charge in [-0.1, -0.05) is 12.8 Å². The minimum atomic E-state index is -4.35. The van der Waals surface area contributed by atoms with Gasteiger partial charge in [0.25, 0.3) is 0 Å². The standard InChI is InChI=1S/C15H19F3N2O/c16-15(17,18)12-5-7-13(8-6-12)19-14(21)11-20-9-3-1-2-4-10-20/h5-8H,1-4,9-11H2,(H,19,21). The second-order valence-corrected chi connectivity index (χ2v) is 5.31. The van der Waals surface area contributed by atoms with Crippen LogP contribution in [0.3, 0.4) is 0 Å². The van der Waals surface area contributed by atoms with E-state index in [2.05, 4.69) is 10.2 Å². The number of alkyl halides is 3. The third-order valence-electron chi connectivity index (χ3n) is 3.56. The molecule has 0 saturated carbocycles. The average Bonchev–Trinajstić information content (AvgIpc) is 2.67. The monoisotopic (exact) mass is 300 g/mol.